The number of hydrogen-bond donors (Lipinski definition) is 0. The lowest BCUT2D eigenvalue weighted by Crippen LogP contribution is -2.08. The lowest BCUT2D eigenvalue weighted by atomic mass is 9.92. The Labute approximate surface area is 272 Å². The van der Waals surface area contributed by atoms with E-state index in [1.165, 1.54) is 16.7 Å². The van der Waals surface area contributed by atoms with E-state index in [2.05, 4.69) is 133 Å². The first kappa shape index (κ1) is 27.2. The molecule has 47 heavy (non-hydrogen) atoms. The summed E-state index contributed by atoms with van der Waals surface area (Å²) in [5.74, 6) is 2.08. The maximum absolute atomic E-state index is 6.51. The first-order valence-electron chi connectivity index (χ1n) is 16.0. The Kier molecular flexibility index (Phi) is 6.57. The average molecular weight is 604 g/mol. The van der Waals surface area contributed by atoms with Crippen LogP contribution in [0.4, 0.5) is 0 Å². The van der Waals surface area contributed by atoms with Gasteiger partial charge in [-0.05, 0) is 46.2 Å². The molecule has 0 fully saturated rings. The highest BCUT2D eigenvalue weighted by atomic mass is 16.3. The van der Waals surface area contributed by atoms with E-state index in [0.29, 0.717) is 11.6 Å². The topological polar surface area (TPSA) is 51.8 Å². The van der Waals surface area contributed by atoms with Crippen LogP contribution >= 0.6 is 0 Å². The van der Waals surface area contributed by atoms with Gasteiger partial charge in [0, 0.05) is 33.2 Å². The van der Waals surface area contributed by atoms with Gasteiger partial charge in [-0.3, -0.25) is 0 Å². The molecule has 0 saturated carbocycles. The van der Waals surface area contributed by atoms with E-state index in [1.54, 1.807) is 0 Å². The molecule has 4 heteroatoms. The minimum absolute atomic E-state index is 0.0239. The number of aromatic nitrogens is 3. The molecule has 1 aliphatic carbocycles. The Hall–Kier alpha value is -6.13. The number of benzene rings is 6. The van der Waals surface area contributed by atoms with E-state index < -0.39 is 0 Å². The van der Waals surface area contributed by atoms with Crippen LogP contribution in [-0.2, 0) is 0 Å². The van der Waals surface area contributed by atoms with Crippen molar-refractivity contribution in [3.63, 3.8) is 0 Å². The molecule has 222 valence electrons. The Morgan fingerprint density at radius 2 is 1.23 bits per heavy atom. The van der Waals surface area contributed by atoms with Crippen molar-refractivity contribution in [3.05, 3.63) is 169 Å². The number of nitrogens with zero attached hydrogens (tertiary/aromatic N) is 3. The lowest BCUT2D eigenvalue weighted by Gasteiger charge is -2.17. The molecule has 0 aliphatic heterocycles. The van der Waals surface area contributed by atoms with Crippen LogP contribution in [0.5, 0.6) is 0 Å². The predicted molar refractivity (Wildman–Crippen MR) is 192 cm³/mol. The van der Waals surface area contributed by atoms with Crippen LogP contribution in [-0.4, -0.2) is 15.0 Å². The molecule has 9 rings (SSSR count). The van der Waals surface area contributed by atoms with Crippen LogP contribution in [0, 0.1) is 0 Å². The van der Waals surface area contributed by atoms with Crippen molar-refractivity contribution in [3.8, 4) is 33.9 Å². The summed E-state index contributed by atoms with van der Waals surface area (Å²) < 4.78 is 6.51. The summed E-state index contributed by atoms with van der Waals surface area (Å²) in [6.07, 6.45) is 7.51. The van der Waals surface area contributed by atoms with Gasteiger partial charge in [0.05, 0.1) is 0 Å². The Morgan fingerprint density at radius 1 is 0.532 bits per heavy atom. The molecule has 1 aliphatic rings. The van der Waals surface area contributed by atoms with Gasteiger partial charge in [-0.25, -0.2) is 15.0 Å². The largest absolute Gasteiger partial charge is 0.455 e. The molecule has 2 heterocycles. The zero-order chi connectivity index (χ0) is 31.2. The quantitative estimate of drug-likeness (QED) is 0.196. The SMILES string of the molecule is C1=CC(c2nc(-c3ccc(-c4ccccc4)cc3)nc(-c3cccc4oc5c6ccccc6ccc5c34)n2)CC=C1c1ccccc1. The van der Waals surface area contributed by atoms with E-state index in [9.17, 15) is 0 Å². The third kappa shape index (κ3) is 4.91. The monoisotopic (exact) mass is 603 g/mol. The summed E-state index contributed by atoms with van der Waals surface area (Å²) in [7, 11) is 0. The van der Waals surface area contributed by atoms with Gasteiger partial charge >= 0.3 is 0 Å². The zero-order valence-electron chi connectivity index (χ0n) is 25.5. The molecule has 6 aromatic carbocycles. The standard InChI is InChI=1S/C43H29N3O/c1-3-10-28(11-4-1)30-18-22-33(23-19-30)41-44-42(34-24-20-31(21-25-34)29-12-5-2-6-13-29)46-43(45-41)37-16-9-17-38-39(37)36-27-26-32-14-7-8-15-35(32)40(36)47-38/h1-24,26-27,34H,25H2. The average Bonchev–Trinajstić information content (AvgIpc) is 3.55. The van der Waals surface area contributed by atoms with Crippen molar-refractivity contribution in [2.75, 3.05) is 0 Å². The van der Waals surface area contributed by atoms with Gasteiger partial charge in [0.15, 0.2) is 11.6 Å². The molecular weight excluding hydrogens is 574 g/mol. The number of furan rings is 1. The summed E-state index contributed by atoms with van der Waals surface area (Å²) >= 11 is 0. The van der Waals surface area contributed by atoms with Crippen molar-refractivity contribution in [1.82, 2.24) is 15.0 Å². The van der Waals surface area contributed by atoms with Crippen molar-refractivity contribution in [1.29, 1.82) is 0 Å². The van der Waals surface area contributed by atoms with Crippen LogP contribution in [0.3, 0.4) is 0 Å². The van der Waals surface area contributed by atoms with Crippen LogP contribution in [0.15, 0.2) is 162 Å². The molecule has 0 radical (unpaired) electrons. The molecule has 0 bridgehead atoms. The normalized spacial score (nSPS) is 14.6. The van der Waals surface area contributed by atoms with Gasteiger partial charge in [0.25, 0.3) is 0 Å². The predicted octanol–water partition coefficient (Wildman–Crippen LogP) is 11.1. The number of hydrogen-bond acceptors (Lipinski definition) is 4. The first-order valence-corrected chi connectivity index (χ1v) is 16.0. The van der Waals surface area contributed by atoms with Crippen molar-refractivity contribution >= 4 is 38.3 Å². The van der Waals surface area contributed by atoms with E-state index in [-0.39, 0.29) is 5.92 Å². The van der Waals surface area contributed by atoms with E-state index >= 15 is 0 Å². The Balaban J connectivity index is 1.19. The summed E-state index contributed by atoms with van der Waals surface area (Å²) in [5.41, 5.74) is 8.34. The molecule has 1 atom stereocenters. The molecule has 0 spiro atoms. The molecule has 8 aromatic rings. The molecule has 0 N–H and O–H groups in total. The van der Waals surface area contributed by atoms with Crippen molar-refractivity contribution in [2.45, 2.75) is 12.3 Å². The van der Waals surface area contributed by atoms with Crippen LogP contribution in [0.1, 0.15) is 23.7 Å². The van der Waals surface area contributed by atoms with Crippen LogP contribution in [0.2, 0.25) is 0 Å². The van der Waals surface area contributed by atoms with Crippen LogP contribution < -0.4 is 0 Å². The first-order chi connectivity index (χ1) is 23.3. The molecule has 2 aromatic heterocycles. The third-order valence-corrected chi connectivity index (χ3v) is 9.07. The second kappa shape index (κ2) is 11.3. The minimum Gasteiger partial charge on any atom is -0.455 e. The van der Waals surface area contributed by atoms with Gasteiger partial charge in [-0.15, -0.1) is 0 Å². The summed E-state index contributed by atoms with van der Waals surface area (Å²) in [6.45, 7) is 0. The molecule has 0 amide bonds. The second-order valence-corrected chi connectivity index (χ2v) is 12.0. The lowest BCUT2D eigenvalue weighted by molar-refractivity contribution is 0.672. The summed E-state index contributed by atoms with van der Waals surface area (Å²) in [6, 6.07) is 48.2. The Morgan fingerprint density at radius 3 is 2.02 bits per heavy atom. The van der Waals surface area contributed by atoms with Crippen molar-refractivity contribution < 1.29 is 4.42 Å². The van der Waals surface area contributed by atoms with E-state index in [4.69, 9.17) is 19.4 Å². The van der Waals surface area contributed by atoms with Crippen LogP contribution in [0.25, 0.3) is 72.2 Å². The van der Waals surface area contributed by atoms with Gasteiger partial charge in [-0.2, -0.15) is 0 Å². The third-order valence-electron chi connectivity index (χ3n) is 9.07. The molecular formula is C43H29N3O. The van der Waals surface area contributed by atoms with Crippen molar-refractivity contribution in [2.24, 2.45) is 0 Å². The fourth-order valence-corrected chi connectivity index (χ4v) is 6.65. The minimum atomic E-state index is 0.0239. The summed E-state index contributed by atoms with van der Waals surface area (Å²) in [4.78, 5) is 15.4. The van der Waals surface area contributed by atoms with Gasteiger partial charge in [-0.1, -0.05) is 146 Å². The maximum Gasteiger partial charge on any atom is 0.164 e. The molecule has 0 saturated heterocycles. The highest BCUT2D eigenvalue weighted by molar-refractivity contribution is 6.18. The smallest absolute Gasteiger partial charge is 0.164 e. The fraction of sp³-hybridized carbons (Fsp3) is 0.0465. The highest BCUT2D eigenvalue weighted by Crippen LogP contribution is 2.39. The zero-order valence-corrected chi connectivity index (χ0v) is 25.5. The number of allylic oxidation sites excluding steroid dienone is 4. The van der Waals surface area contributed by atoms with Gasteiger partial charge in [0.1, 0.15) is 17.0 Å². The number of fused-ring (bicyclic) bond motifs is 5. The highest BCUT2D eigenvalue weighted by Gasteiger charge is 2.21. The Bertz CT molecular complexity index is 2480. The molecule has 4 nitrogen and oxygen atoms in total. The fourth-order valence-electron chi connectivity index (χ4n) is 6.65. The summed E-state index contributed by atoms with van der Waals surface area (Å²) in [5, 5.41) is 4.31. The van der Waals surface area contributed by atoms with E-state index in [1.807, 2.05) is 24.3 Å². The van der Waals surface area contributed by atoms with E-state index in [0.717, 1.165) is 61.6 Å². The molecule has 1 unspecified atom stereocenters. The second-order valence-electron chi connectivity index (χ2n) is 12.0. The maximum atomic E-state index is 6.51. The van der Waals surface area contributed by atoms with Gasteiger partial charge in [0.2, 0.25) is 0 Å². The number of rotatable bonds is 5. The van der Waals surface area contributed by atoms with Gasteiger partial charge < -0.3 is 4.42 Å².